The normalized spacial score (nSPS) is 12.3. The highest BCUT2D eigenvalue weighted by atomic mass is 79.9. The van der Waals surface area contributed by atoms with Crippen molar-refractivity contribution in [2.45, 2.75) is 26.3 Å². The maximum absolute atomic E-state index is 11.7. The molecule has 1 aromatic carbocycles. The number of hydrogen-bond donors (Lipinski definition) is 2. The summed E-state index contributed by atoms with van der Waals surface area (Å²) in [5, 5.41) is 12.4. The Hall–Kier alpha value is -0.780. The van der Waals surface area contributed by atoms with E-state index in [1.807, 2.05) is 13.8 Å². The fourth-order valence-corrected chi connectivity index (χ4v) is 2.48. The molecule has 0 fully saturated rings. The summed E-state index contributed by atoms with van der Waals surface area (Å²) in [6.45, 7) is 3.86. The van der Waals surface area contributed by atoms with Crippen LogP contribution < -0.4 is 10.1 Å². The van der Waals surface area contributed by atoms with E-state index in [0.717, 1.165) is 10.9 Å². The number of benzene rings is 1. The Kier molecular flexibility index (Phi) is 7.34. The highest BCUT2D eigenvalue weighted by Gasteiger charge is 2.14. The third kappa shape index (κ3) is 6.11. The molecule has 0 aliphatic heterocycles. The van der Waals surface area contributed by atoms with E-state index in [4.69, 9.17) is 16.3 Å². The van der Waals surface area contributed by atoms with Gasteiger partial charge in [-0.2, -0.15) is 0 Å². The smallest absolute Gasteiger partial charge is 0.258 e. The zero-order valence-electron chi connectivity index (χ0n) is 11.5. The van der Waals surface area contributed by atoms with Gasteiger partial charge in [-0.3, -0.25) is 4.79 Å². The summed E-state index contributed by atoms with van der Waals surface area (Å²) in [5.41, 5.74) is 0. The predicted molar refractivity (Wildman–Crippen MR) is 83.1 cm³/mol. The van der Waals surface area contributed by atoms with E-state index in [1.165, 1.54) is 0 Å². The minimum atomic E-state index is -0.274. The van der Waals surface area contributed by atoms with Gasteiger partial charge in [-0.05, 0) is 30.5 Å². The van der Waals surface area contributed by atoms with Crippen molar-refractivity contribution in [2.24, 2.45) is 5.92 Å². The lowest BCUT2D eigenvalue weighted by Gasteiger charge is -2.18. The highest BCUT2D eigenvalue weighted by molar-refractivity contribution is 9.10. The Labute approximate surface area is 132 Å². The zero-order valence-corrected chi connectivity index (χ0v) is 13.9. The minimum absolute atomic E-state index is 0.0804. The third-order valence-electron chi connectivity index (χ3n) is 2.59. The largest absolute Gasteiger partial charge is 0.482 e. The molecule has 2 N–H and O–H groups in total. The van der Waals surface area contributed by atoms with Crippen molar-refractivity contribution in [3.63, 3.8) is 0 Å². The Balaban J connectivity index is 2.46. The number of aliphatic hydroxyl groups excluding tert-OH is 1. The molecule has 1 aromatic rings. The van der Waals surface area contributed by atoms with Crippen LogP contribution in [0.15, 0.2) is 22.7 Å². The van der Waals surface area contributed by atoms with Gasteiger partial charge in [-0.15, -0.1) is 0 Å². The van der Waals surface area contributed by atoms with Crippen molar-refractivity contribution in [3.05, 3.63) is 27.7 Å². The molecule has 0 radical (unpaired) electrons. The molecule has 0 bridgehead atoms. The molecule has 6 heteroatoms. The van der Waals surface area contributed by atoms with E-state index in [9.17, 15) is 9.90 Å². The van der Waals surface area contributed by atoms with Crippen LogP contribution in [0.25, 0.3) is 0 Å². The molecule has 0 aliphatic rings. The first kappa shape index (κ1) is 17.3. The SMILES string of the molecule is CC(C)CC(CO)NC(=O)COc1ccc(Br)cc1Cl. The third-order valence-corrected chi connectivity index (χ3v) is 3.38. The summed E-state index contributed by atoms with van der Waals surface area (Å²) >= 11 is 9.28. The number of amides is 1. The van der Waals surface area contributed by atoms with Gasteiger partial charge < -0.3 is 15.2 Å². The standard InChI is InChI=1S/C14H19BrClNO3/c1-9(2)5-11(7-18)17-14(19)8-20-13-4-3-10(15)6-12(13)16/h3-4,6,9,11,18H,5,7-8H2,1-2H3,(H,17,19). The summed E-state index contributed by atoms with van der Waals surface area (Å²) in [7, 11) is 0. The van der Waals surface area contributed by atoms with Crippen LogP contribution in [-0.4, -0.2) is 30.3 Å². The Morgan fingerprint density at radius 3 is 2.75 bits per heavy atom. The van der Waals surface area contributed by atoms with Gasteiger partial charge in [-0.25, -0.2) is 0 Å². The summed E-state index contributed by atoms with van der Waals surface area (Å²) in [5.74, 6) is 0.576. The molecule has 0 heterocycles. The summed E-state index contributed by atoms with van der Waals surface area (Å²) in [6, 6.07) is 4.93. The molecule has 1 rings (SSSR count). The quantitative estimate of drug-likeness (QED) is 0.782. The van der Waals surface area contributed by atoms with Crippen LogP contribution in [0.5, 0.6) is 5.75 Å². The number of rotatable bonds is 7. The number of nitrogens with one attached hydrogen (secondary N) is 1. The number of hydrogen-bond acceptors (Lipinski definition) is 3. The molecule has 0 aliphatic carbocycles. The molecule has 1 atom stereocenters. The van der Waals surface area contributed by atoms with Crippen LogP contribution >= 0.6 is 27.5 Å². The van der Waals surface area contributed by atoms with E-state index in [2.05, 4.69) is 21.2 Å². The van der Waals surface area contributed by atoms with E-state index in [-0.39, 0.29) is 25.2 Å². The lowest BCUT2D eigenvalue weighted by Crippen LogP contribution is -2.40. The Bertz CT molecular complexity index is 454. The van der Waals surface area contributed by atoms with Gasteiger partial charge in [0.1, 0.15) is 5.75 Å². The topological polar surface area (TPSA) is 58.6 Å². The summed E-state index contributed by atoms with van der Waals surface area (Å²) < 4.78 is 6.20. The molecular weight excluding hydrogens is 346 g/mol. The first-order chi connectivity index (χ1) is 9.42. The van der Waals surface area contributed by atoms with Gasteiger partial charge >= 0.3 is 0 Å². The van der Waals surface area contributed by atoms with Crippen molar-refractivity contribution < 1.29 is 14.6 Å². The number of aliphatic hydroxyl groups is 1. The van der Waals surface area contributed by atoms with E-state index in [1.54, 1.807) is 18.2 Å². The number of ether oxygens (including phenoxy) is 1. The predicted octanol–water partition coefficient (Wildman–Crippen LogP) is 3.00. The van der Waals surface area contributed by atoms with Gasteiger partial charge in [0.25, 0.3) is 5.91 Å². The Morgan fingerprint density at radius 2 is 2.20 bits per heavy atom. The lowest BCUT2D eigenvalue weighted by atomic mass is 10.0. The lowest BCUT2D eigenvalue weighted by molar-refractivity contribution is -0.124. The second-order valence-corrected chi connectivity index (χ2v) is 6.26. The number of carbonyl (C=O) groups is 1. The average Bonchev–Trinajstić information content (AvgIpc) is 2.36. The van der Waals surface area contributed by atoms with Crippen LogP contribution in [0.1, 0.15) is 20.3 Å². The van der Waals surface area contributed by atoms with Crippen LogP contribution in [0.3, 0.4) is 0 Å². The Morgan fingerprint density at radius 1 is 1.50 bits per heavy atom. The van der Waals surface area contributed by atoms with Crippen molar-refractivity contribution >= 4 is 33.4 Å². The maximum atomic E-state index is 11.7. The van der Waals surface area contributed by atoms with Gasteiger partial charge in [0.15, 0.2) is 6.61 Å². The van der Waals surface area contributed by atoms with Crippen LogP contribution in [-0.2, 0) is 4.79 Å². The molecule has 112 valence electrons. The molecule has 1 amide bonds. The van der Waals surface area contributed by atoms with E-state index >= 15 is 0 Å². The van der Waals surface area contributed by atoms with Gasteiger partial charge in [0.05, 0.1) is 17.7 Å². The zero-order chi connectivity index (χ0) is 15.1. The van der Waals surface area contributed by atoms with Gasteiger partial charge in [-0.1, -0.05) is 41.4 Å². The van der Waals surface area contributed by atoms with Crippen molar-refractivity contribution in [2.75, 3.05) is 13.2 Å². The van der Waals surface area contributed by atoms with E-state index in [0.29, 0.717) is 16.7 Å². The van der Waals surface area contributed by atoms with Crippen molar-refractivity contribution in [3.8, 4) is 5.75 Å². The van der Waals surface area contributed by atoms with Crippen LogP contribution in [0.2, 0.25) is 5.02 Å². The van der Waals surface area contributed by atoms with Gasteiger partial charge in [0.2, 0.25) is 0 Å². The second kappa shape index (κ2) is 8.49. The molecule has 20 heavy (non-hydrogen) atoms. The van der Waals surface area contributed by atoms with Crippen molar-refractivity contribution in [1.82, 2.24) is 5.32 Å². The van der Waals surface area contributed by atoms with Gasteiger partial charge in [0, 0.05) is 4.47 Å². The first-order valence-electron chi connectivity index (χ1n) is 6.40. The molecule has 0 saturated heterocycles. The van der Waals surface area contributed by atoms with Crippen molar-refractivity contribution in [1.29, 1.82) is 0 Å². The second-order valence-electron chi connectivity index (χ2n) is 4.94. The first-order valence-corrected chi connectivity index (χ1v) is 7.57. The molecule has 0 spiro atoms. The average molecular weight is 365 g/mol. The fourth-order valence-electron chi connectivity index (χ4n) is 1.75. The number of carbonyl (C=O) groups excluding carboxylic acids is 1. The summed E-state index contributed by atoms with van der Waals surface area (Å²) in [4.78, 5) is 11.7. The van der Waals surface area contributed by atoms with Crippen LogP contribution in [0.4, 0.5) is 0 Å². The molecule has 4 nitrogen and oxygen atoms in total. The molecule has 0 saturated carbocycles. The monoisotopic (exact) mass is 363 g/mol. The summed E-state index contributed by atoms with van der Waals surface area (Å²) in [6.07, 6.45) is 0.723. The highest BCUT2D eigenvalue weighted by Crippen LogP contribution is 2.27. The van der Waals surface area contributed by atoms with Crippen LogP contribution in [0, 0.1) is 5.92 Å². The molecule has 1 unspecified atom stereocenters. The maximum Gasteiger partial charge on any atom is 0.258 e. The number of halogens is 2. The fraction of sp³-hybridized carbons (Fsp3) is 0.500. The molecule has 0 aromatic heterocycles. The minimum Gasteiger partial charge on any atom is -0.482 e. The van der Waals surface area contributed by atoms with E-state index < -0.39 is 0 Å². The molecular formula is C14H19BrClNO3.